The van der Waals surface area contributed by atoms with Gasteiger partial charge in [0, 0.05) is 23.2 Å². The van der Waals surface area contributed by atoms with Gasteiger partial charge in [0.2, 0.25) is 0 Å². The fourth-order valence-corrected chi connectivity index (χ4v) is 2.16. The summed E-state index contributed by atoms with van der Waals surface area (Å²) in [7, 11) is 0. The predicted octanol–water partition coefficient (Wildman–Crippen LogP) is 3.89. The molecule has 0 bridgehead atoms. The number of nitrogens with one attached hydrogen (secondary N) is 1. The van der Waals surface area contributed by atoms with E-state index in [0.717, 1.165) is 29.8 Å². The lowest BCUT2D eigenvalue weighted by molar-refractivity contribution is -0.384. The minimum Gasteiger partial charge on any atom is -0.452 e. The molecule has 0 saturated carbocycles. The number of carbonyl (C=O) groups excluding carboxylic acids is 2. The maximum Gasteiger partial charge on any atom is 0.331 e. The van der Waals surface area contributed by atoms with E-state index in [1.165, 1.54) is 6.08 Å². The van der Waals surface area contributed by atoms with Gasteiger partial charge in [0.25, 0.3) is 11.6 Å². The number of anilines is 1. The number of non-ortho nitro benzene ring substituents is 1. The van der Waals surface area contributed by atoms with Gasteiger partial charge in [0.1, 0.15) is 5.82 Å². The summed E-state index contributed by atoms with van der Waals surface area (Å²) in [6.45, 7) is 1.16. The maximum absolute atomic E-state index is 13.6. The number of hydrogen-bond donors (Lipinski definition) is 1. The number of nitro benzene ring substituents is 1. The Labute approximate surface area is 158 Å². The number of aryl methyl sites for hydroxylation is 1. The number of benzene rings is 2. The highest BCUT2D eigenvalue weighted by Gasteiger charge is 2.14. The quantitative estimate of drug-likeness (QED) is 0.348. The lowest BCUT2D eigenvalue weighted by Gasteiger charge is -2.06. The van der Waals surface area contributed by atoms with Crippen LogP contribution in [-0.4, -0.2) is 23.4 Å². The van der Waals surface area contributed by atoms with Crippen molar-refractivity contribution in [3.63, 3.8) is 0 Å². The second-order valence-electron chi connectivity index (χ2n) is 5.42. The van der Waals surface area contributed by atoms with Crippen molar-refractivity contribution in [2.45, 2.75) is 6.92 Å². The van der Waals surface area contributed by atoms with Crippen LogP contribution in [0.4, 0.5) is 15.8 Å². The van der Waals surface area contributed by atoms with E-state index in [2.05, 4.69) is 5.32 Å². The van der Waals surface area contributed by atoms with Crippen molar-refractivity contribution < 1.29 is 23.6 Å². The SMILES string of the molecule is Cc1ccc(/C=C/C(=O)OCC(=O)Nc2cc([N+](=O)[O-])ccc2F)cc1Cl. The molecular formula is C18H14ClFN2O5. The third kappa shape index (κ3) is 5.89. The van der Waals surface area contributed by atoms with Gasteiger partial charge in [-0.15, -0.1) is 0 Å². The van der Waals surface area contributed by atoms with Crippen molar-refractivity contribution in [3.05, 3.63) is 74.6 Å². The van der Waals surface area contributed by atoms with Crippen LogP contribution in [0.1, 0.15) is 11.1 Å². The van der Waals surface area contributed by atoms with E-state index in [-0.39, 0.29) is 11.4 Å². The highest BCUT2D eigenvalue weighted by Crippen LogP contribution is 2.21. The van der Waals surface area contributed by atoms with E-state index in [9.17, 15) is 24.1 Å². The second kappa shape index (κ2) is 8.91. The molecule has 0 aliphatic heterocycles. The zero-order valence-corrected chi connectivity index (χ0v) is 14.8. The van der Waals surface area contributed by atoms with Gasteiger partial charge in [-0.1, -0.05) is 23.7 Å². The molecule has 9 heteroatoms. The van der Waals surface area contributed by atoms with E-state index in [0.29, 0.717) is 10.6 Å². The molecule has 1 N–H and O–H groups in total. The summed E-state index contributed by atoms with van der Waals surface area (Å²) in [5, 5.41) is 13.3. The van der Waals surface area contributed by atoms with Crippen molar-refractivity contribution in [1.82, 2.24) is 0 Å². The van der Waals surface area contributed by atoms with Gasteiger partial charge in [-0.05, 0) is 36.3 Å². The summed E-state index contributed by atoms with van der Waals surface area (Å²) in [5.74, 6) is -2.48. The number of halogens is 2. The molecule has 2 aromatic carbocycles. The summed E-state index contributed by atoms with van der Waals surface area (Å²) < 4.78 is 18.3. The fraction of sp³-hybridized carbons (Fsp3) is 0.111. The number of esters is 1. The highest BCUT2D eigenvalue weighted by atomic mass is 35.5. The predicted molar refractivity (Wildman–Crippen MR) is 97.9 cm³/mol. The minimum absolute atomic E-state index is 0.380. The van der Waals surface area contributed by atoms with Crippen molar-refractivity contribution in [1.29, 1.82) is 0 Å². The molecule has 0 aromatic heterocycles. The topological polar surface area (TPSA) is 98.5 Å². The summed E-state index contributed by atoms with van der Waals surface area (Å²) in [6, 6.07) is 7.90. The molecule has 2 aromatic rings. The minimum atomic E-state index is -0.851. The van der Waals surface area contributed by atoms with Gasteiger partial charge in [-0.3, -0.25) is 14.9 Å². The molecule has 27 heavy (non-hydrogen) atoms. The van der Waals surface area contributed by atoms with E-state index in [1.54, 1.807) is 18.2 Å². The average Bonchev–Trinajstić information content (AvgIpc) is 2.62. The van der Waals surface area contributed by atoms with Crippen LogP contribution in [0.2, 0.25) is 5.02 Å². The number of rotatable bonds is 6. The van der Waals surface area contributed by atoms with Crippen LogP contribution in [-0.2, 0) is 14.3 Å². The van der Waals surface area contributed by atoms with E-state index >= 15 is 0 Å². The van der Waals surface area contributed by atoms with Gasteiger partial charge >= 0.3 is 5.97 Å². The van der Waals surface area contributed by atoms with Crippen LogP contribution in [0, 0.1) is 22.9 Å². The van der Waals surface area contributed by atoms with E-state index < -0.39 is 29.2 Å². The normalized spacial score (nSPS) is 10.6. The maximum atomic E-state index is 13.6. The molecule has 2 rings (SSSR count). The summed E-state index contributed by atoms with van der Waals surface area (Å²) >= 11 is 5.98. The van der Waals surface area contributed by atoms with Crippen molar-refractivity contribution >= 4 is 40.9 Å². The van der Waals surface area contributed by atoms with Crippen molar-refractivity contribution in [2.24, 2.45) is 0 Å². The van der Waals surface area contributed by atoms with Crippen LogP contribution in [0.25, 0.3) is 6.08 Å². The molecule has 0 aliphatic carbocycles. The summed E-state index contributed by atoms with van der Waals surface area (Å²) in [6.07, 6.45) is 2.58. The largest absolute Gasteiger partial charge is 0.452 e. The van der Waals surface area contributed by atoms with E-state index in [4.69, 9.17) is 16.3 Å². The first-order valence-corrected chi connectivity index (χ1v) is 7.99. The highest BCUT2D eigenvalue weighted by molar-refractivity contribution is 6.31. The Balaban J connectivity index is 1.90. The van der Waals surface area contributed by atoms with Crippen LogP contribution < -0.4 is 5.32 Å². The van der Waals surface area contributed by atoms with Crippen LogP contribution in [0.5, 0.6) is 0 Å². The van der Waals surface area contributed by atoms with Gasteiger partial charge < -0.3 is 10.1 Å². The first-order valence-electron chi connectivity index (χ1n) is 7.61. The Hall–Kier alpha value is -3.26. The smallest absolute Gasteiger partial charge is 0.331 e. The van der Waals surface area contributed by atoms with Gasteiger partial charge in [0.15, 0.2) is 6.61 Å². The summed E-state index contributed by atoms with van der Waals surface area (Å²) in [5.41, 5.74) is 0.797. The molecule has 1 amide bonds. The first kappa shape index (κ1) is 20.1. The standard InChI is InChI=1S/C18H14ClFN2O5/c1-11-2-3-12(8-14(11)19)4-7-18(24)27-10-17(23)21-16-9-13(22(25)26)5-6-15(16)20/h2-9H,10H2,1H3,(H,21,23)/b7-4+. The van der Waals surface area contributed by atoms with Crippen LogP contribution >= 0.6 is 11.6 Å². The lowest BCUT2D eigenvalue weighted by Crippen LogP contribution is -2.20. The molecule has 0 heterocycles. The molecule has 0 spiro atoms. The van der Waals surface area contributed by atoms with Crippen molar-refractivity contribution in [2.75, 3.05) is 11.9 Å². The van der Waals surface area contributed by atoms with Crippen LogP contribution in [0.3, 0.4) is 0 Å². The second-order valence-corrected chi connectivity index (χ2v) is 5.83. The number of ether oxygens (including phenoxy) is 1. The Morgan fingerprint density at radius 3 is 2.70 bits per heavy atom. The molecule has 0 atom stereocenters. The van der Waals surface area contributed by atoms with Gasteiger partial charge in [-0.25, -0.2) is 9.18 Å². The average molecular weight is 393 g/mol. The number of carbonyl (C=O) groups is 2. The Kier molecular flexibility index (Phi) is 6.62. The third-order valence-corrected chi connectivity index (χ3v) is 3.80. The molecule has 0 fully saturated rings. The van der Waals surface area contributed by atoms with Gasteiger partial charge in [-0.2, -0.15) is 0 Å². The number of amides is 1. The zero-order valence-electron chi connectivity index (χ0n) is 14.1. The first-order chi connectivity index (χ1) is 12.8. The van der Waals surface area contributed by atoms with E-state index in [1.807, 2.05) is 6.92 Å². The fourth-order valence-electron chi connectivity index (χ4n) is 1.97. The Bertz CT molecular complexity index is 930. The monoisotopic (exact) mass is 392 g/mol. The van der Waals surface area contributed by atoms with Crippen LogP contribution in [0.15, 0.2) is 42.5 Å². The molecular weight excluding hydrogens is 379 g/mol. The summed E-state index contributed by atoms with van der Waals surface area (Å²) in [4.78, 5) is 33.3. The van der Waals surface area contributed by atoms with Gasteiger partial charge in [0.05, 0.1) is 10.6 Å². The molecule has 0 aliphatic rings. The number of nitro groups is 1. The number of hydrogen-bond acceptors (Lipinski definition) is 5. The molecule has 140 valence electrons. The molecule has 0 unspecified atom stereocenters. The third-order valence-electron chi connectivity index (χ3n) is 3.39. The lowest BCUT2D eigenvalue weighted by atomic mass is 10.1. The molecule has 0 saturated heterocycles. The molecule has 0 radical (unpaired) electrons. The Morgan fingerprint density at radius 2 is 2.04 bits per heavy atom. The Morgan fingerprint density at radius 1 is 1.30 bits per heavy atom. The zero-order chi connectivity index (χ0) is 20.0. The number of nitrogens with zero attached hydrogens (tertiary/aromatic N) is 1. The molecule has 7 nitrogen and oxygen atoms in total. The van der Waals surface area contributed by atoms with Crippen molar-refractivity contribution in [3.8, 4) is 0 Å².